The van der Waals surface area contributed by atoms with Crippen molar-refractivity contribution < 1.29 is 18.7 Å². The van der Waals surface area contributed by atoms with Gasteiger partial charge in [-0.05, 0) is 30.3 Å². The van der Waals surface area contributed by atoms with Crippen molar-refractivity contribution in [2.45, 2.75) is 6.54 Å². The Kier molecular flexibility index (Phi) is 4.94. The maximum atomic E-state index is 11.6. The van der Waals surface area contributed by atoms with E-state index in [9.17, 15) is 9.59 Å². The molecule has 0 aliphatic rings. The third-order valence-electron chi connectivity index (χ3n) is 2.64. The number of rotatable bonds is 6. The fourth-order valence-electron chi connectivity index (χ4n) is 1.61. The molecule has 1 aromatic carbocycles. The minimum Gasteiger partial charge on any atom is -0.484 e. The summed E-state index contributed by atoms with van der Waals surface area (Å²) >= 11 is 0. The molecule has 0 atom stereocenters. The van der Waals surface area contributed by atoms with E-state index in [1.54, 1.807) is 30.3 Å². The van der Waals surface area contributed by atoms with E-state index in [1.165, 1.54) is 12.3 Å². The van der Waals surface area contributed by atoms with E-state index in [-0.39, 0.29) is 12.5 Å². The van der Waals surface area contributed by atoms with E-state index in [2.05, 4.69) is 5.32 Å². The fourth-order valence-corrected chi connectivity index (χ4v) is 1.61. The van der Waals surface area contributed by atoms with Crippen molar-refractivity contribution >= 4 is 11.8 Å². The minimum atomic E-state index is -0.428. The van der Waals surface area contributed by atoms with Crippen LogP contribution in [0.4, 0.5) is 0 Å². The second kappa shape index (κ2) is 7.11. The zero-order valence-corrected chi connectivity index (χ0v) is 11.2. The van der Waals surface area contributed by atoms with Gasteiger partial charge in [0.15, 0.2) is 6.61 Å². The van der Waals surface area contributed by atoms with Crippen LogP contribution < -0.4 is 21.3 Å². The fraction of sp³-hybridized carbons (Fsp3) is 0.143. The first-order valence-corrected chi connectivity index (χ1v) is 6.22. The number of ether oxygens (including phenoxy) is 1. The molecule has 0 radical (unpaired) electrons. The molecule has 4 N–H and O–H groups in total. The summed E-state index contributed by atoms with van der Waals surface area (Å²) in [5.41, 5.74) is 2.38. The lowest BCUT2D eigenvalue weighted by molar-refractivity contribution is -0.123. The lowest BCUT2D eigenvalue weighted by atomic mass is 10.2. The molecule has 2 rings (SSSR count). The summed E-state index contributed by atoms with van der Waals surface area (Å²) < 4.78 is 10.4. The number of hydrazine groups is 1. The van der Waals surface area contributed by atoms with Crippen LogP contribution in [0, 0.1) is 0 Å². The topological polar surface area (TPSA) is 107 Å². The molecule has 0 unspecified atom stereocenters. The predicted octanol–water partition coefficient (Wildman–Crippen LogP) is 0.578. The number of nitrogen functional groups attached to an aromatic ring is 1. The Morgan fingerprint density at radius 2 is 2.10 bits per heavy atom. The van der Waals surface area contributed by atoms with E-state index in [0.717, 1.165) is 0 Å². The van der Waals surface area contributed by atoms with Gasteiger partial charge in [-0.15, -0.1) is 0 Å². The highest BCUT2D eigenvalue weighted by Gasteiger charge is 2.07. The van der Waals surface area contributed by atoms with Gasteiger partial charge in [-0.25, -0.2) is 5.84 Å². The molecule has 0 fully saturated rings. The second-order valence-electron chi connectivity index (χ2n) is 4.15. The molecule has 1 heterocycles. The van der Waals surface area contributed by atoms with Crippen LogP contribution in [0.2, 0.25) is 0 Å². The van der Waals surface area contributed by atoms with Gasteiger partial charge in [-0.3, -0.25) is 15.0 Å². The summed E-state index contributed by atoms with van der Waals surface area (Å²) in [4.78, 5) is 23.0. The molecule has 0 saturated carbocycles. The first-order valence-electron chi connectivity index (χ1n) is 6.22. The van der Waals surface area contributed by atoms with Crippen LogP contribution in [-0.2, 0) is 11.3 Å². The predicted molar refractivity (Wildman–Crippen MR) is 74.1 cm³/mol. The van der Waals surface area contributed by atoms with Crippen LogP contribution in [-0.4, -0.2) is 18.4 Å². The number of nitrogens with one attached hydrogen (secondary N) is 2. The lowest BCUT2D eigenvalue weighted by Gasteiger charge is -2.07. The van der Waals surface area contributed by atoms with Crippen LogP contribution in [0.5, 0.6) is 5.75 Å². The quantitative estimate of drug-likeness (QED) is 0.409. The summed E-state index contributed by atoms with van der Waals surface area (Å²) in [5.74, 6) is 5.39. The Labute approximate surface area is 121 Å². The molecule has 0 aliphatic carbocycles. The van der Waals surface area contributed by atoms with E-state index in [1.807, 2.05) is 5.43 Å². The monoisotopic (exact) mass is 289 g/mol. The van der Waals surface area contributed by atoms with Crippen LogP contribution in [0.1, 0.15) is 16.1 Å². The first kappa shape index (κ1) is 14.6. The minimum absolute atomic E-state index is 0.158. The summed E-state index contributed by atoms with van der Waals surface area (Å²) in [6.07, 6.45) is 1.53. The molecule has 2 aromatic rings. The summed E-state index contributed by atoms with van der Waals surface area (Å²) in [6, 6.07) is 9.88. The van der Waals surface area contributed by atoms with Gasteiger partial charge in [-0.2, -0.15) is 0 Å². The number of hydrogen-bond donors (Lipinski definition) is 3. The number of carbonyl (C=O) groups is 2. The van der Waals surface area contributed by atoms with Gasteiger partial charge < -0.3 is 14.5 Å². The van der Waals surface area contributed by atoms with Crippen molar-refractivity contribution in [2.24, 2.45) is 5.84 Å². The maximum Gasteiger partial charge on any atom is 0.265 e. The van der Waals surface area contributed by atoms with Gasteiger partial charge in [0.2, 0.25) is 0 Å². The van der Waals surface area contributed by atoms with E-state index < -0.39 is 5.91 Å². The molecular weight excluding hydrogens is 274 g/mol. The Morgan fingerprint density at radius 3 is 2.81 bits per heavy atom. The smallest absolute Gasteiger partial charge is 0.265 e. The number of benzene rings is 1. The number of amides is 2. The molecule has 1 aromatic heterocycles. The maximum absolute atomic E-state index is 11.6. The molecular formula is C14H15N3O4. The normalized spacial score (nSPS) is 9.95. The molecule has 0 aliphatic heterocycles. The van der Waals surface area contributed by atoms with Crippen molar-refractivity contribution in [3.05, 3.63) is 54.0 Å². The molecule has 0 saturated heterocycles. The van der Waals surface area contributed by atoms with Gasteiger partial charge in [0, 0.05) is 5.56 Å². The van der Waals surface area contributed by atoms with Gasteiger partial charge in [0.1, 0.15) is 11.5 Å². The zero-order chi connectivity index (χ0) is 15.1. The number of hydrogen-bond acceptors (Lipinski definition) is 5. The summed E-state index contributed by atoms with van der Waals surface area (Å²) in [7, 11) is 0. The molecule has 2 amide bonds. The van der Waals surface area contributed by atoms with Crippen molar-refractivity contribution in [2.75, 3.05) is 6.61 Å². The largest absolute Gasteiger partial charge is 0.484 e. The lowest BCUT2D eigenvalue weighted by Crippen LogP contribution is -2.30. The van der Waals surface area contributed by atoms with Crippen LogP contribution in [0.25, 0.3) is 0 Å². The van der Waals surface area contributed by atoms with E-state index >= 15 is 0 Å². The van der Waals surface area contributed by atoms with Gasteiger partial charge in [-0.1, -0.05) is 6.07 Å². The molecule has 0 spiro atoms. The van der Waals surface area contributed by atoms with E-state index in [0.29, 0.717) is 23.6 Å². The van der Waals surface area contributed by atoms with Crippen molar-refractivity contribution in [1.82, 2.24) is 10.7 Å². The molecule has 7 heteroatoms. The third kappa shape index (κ3) is 4.36. The molecule has 21 heavy (non-hydrogen) atoms. The summed E-state index contributed by atoms with van der Waals surface area (Å²) in [5, 5.41) is 2.65. The van der Waals surface area contributed by atoms with Crippen molar-refractivity contribution in [1.29, 1.82) is 0 Å². The van der Waals surface area contributed by atoms with Crippen LogP contribution >= 0.6 is 0 Å². The first-order chi connectivity index (χ1) is 10.2. The van der Waals surface area contributed by atoms with Gasteiger partial charge >= 0.3 is 0 Å². The number of furan rings is 1. The SMILES string of the molecule is NNC(=O)c1cccc(OCC(=O)NCc2ccco2)c1. The standard InChI is InChI=1S/C14H15N3O4/c15-17-14(19)10-3-1-4-11(7-10)21-9-13(18)16-8-12-5-2-6-20-12/h1-7H,8-9,15H2,(H,16,18)(H,17,19). The number of carbonyl (C=O) groups excluding carboxylic acids is 2. The Morgan fingerprint density at radius 1 is 1.24 bits per heavy atom. The number of nitrogens with two attached hydrogens (primary N) is 1. The second-order valence-corrected chi connectivity index (χ2v) is 4.15. The highest BCUT2D eigenvalue weighted by molar-refractivity contribution is 5.94. The molecule has 110 valence electrons. The highest BCUT2D eigenvalue weighted by atomic mass is 16.5. The third-order valence-corrected chi connectivity index (χ3v) is 2.64. The highest BCUT2D eigenvalue weighted by Crippen LogP contribution is 2.13. The average Bonchev–Trinajstić information content (AvgIpc) is 3.04. The Hall–Kier alpha value is -2.80. The van der Waals surface area contributed by atoms with Crippen LogP contribution in [0.3, 0.4) is 0 Å². The Balaban J connectivity index is 1.82. The van der Waals surface area contributed by atoms with Gasteiger partial charge in [0.25, 0.3) is 11.8 Å². The van der Waals surface area contributed by atoms with Crippen LogP contribution in [0.15, 0.2) is 47.1 Å². The Bertz CT molecular complexity index is 610. The summed E-state index contributed by atoms with van der Waals surface area (Å²) in [6.45, 7) is 0.138. The zero-order valence-electron chi connectivity index (χ0n) is 11.2. The average molecular weight is 289 g/mol. The van der Waals surface area contributed by atoms with E-state index in [4.69, 9.17) is 15.0 Å². The van der Waals surface area contributed by atoms with Crippen molar-refractivity contribution in [3.63, 3.8) is 0 Å². The van der Waals surface area contributed by atoms with Gasteiger partial charge in [0.05, 0.1) is 12.8 Å². The molecule has 7 nitrogen and oxygen atoms in total. The van der Waals surface area contributed by atoms with Crippen molar-refractivity contribution in [3.8, 4) is 5.75 Å². The molecule has 0 bridgehead atoms.